The fourth-order valence-electron chi connectivity index (χ4n) is 4.56. The molecule has 156 valence electrons. The predicted octanol–water partition coefficient (Wildman–Crippen LogP) is 8.03. The first-order valence-corrected chi connectivity index (χ1v) is 10.8. The van der Waals surface area contributed by atoms with Crippen LogP contribution in [0.25, 0.3) is 10.8 Å². The van der Waals surface area contributed by atoms with Crippen molar-refractivity contribution in [3.8, 4) is 11.5 Å². The molecule has 1 aliphatic rings. The van der Waals surface area contributed by atoms with E-state index in [0.717, 1.165) is 39.5 Å². The van der Waals surface area contributed by atoms with E-state index in [1.54, 1.807) is 0 Å². The van der Waals surface area contributed by atoms with Gasteiger partial charge in [-0.25, -0.2) is 4.98 Å². The monoisotopic (exact) mass is 408 g/mol. The number of aromatic nitrogens is 1. The molecule has 0 aliphatic carbocycles. The van der Waals surface area contributed by atoms with Crippen LogP contribution in [0.15, 0.2) is 60.7 Å². The Labute approximate surface area is 184 Å². The molecular weight excluding hydrogens is 380 g/mol. The van der Waals surface area contributed by atoms with Gasteiger partial charge in [-0.1, -0.05) is 69.3 Å². The highest BCUT2D eigenvalue weighted by Crippen LogP contribution is 2.53. The zero-order valence-corrected chi connectivity index (χ0v) is 19.1. The summed E-state index contributed by atoms with van der Waals surface area (Å²) in [5.41, 5.74) is 7.11. The number of fused-ring (bicyclic) bond motifs is 4. The standard InChI is InChI=1S/C28H28N2O/c1-17-15-20(28(4,5)6)16-18(2)25(17)30-23-13-9-10-14-24(23)31-26-22-12-8-7-11-21(22)19(3)29-27(26)30/h7-16H,1-6H3. The lowest BCUT2D eigenvalue weighted by Crippen LogP contribution is -2.21. The van der Waals surface area contributed by atoms with Gasteiger partial charge < -0.3 is 4.74 Å². The van der Waals surface area contributed by atoms with Crippen LogP contribution in [0.5, 0.6) is 11.5 Å². The molecule has 3 nitrogen and oxygen atoms in total. The molecule has 1 aliphatic heterocycles. The Hall–Kier alpha value is -3.33. The molecular formula is C28H28N2O. The smallest absolute Gasteiger partial charge is 0.182 e. The Morgan fingerprint density at radius 1 is 0.806 bits per heavy atom. The number of ether oxygens (including phenoxy) is 1. The van der Waals surface area contributed by atoms with Crippen LogP contribution in [0.1, 0.15) is 43.2 Å². The first-order chi connectivity index (χ1) is 14.8. The van der Waals surface area contributed by atoms with Gasteiger partial charge in [0, 0.05) is 16.5 Å². The summed E-state index contributed by atoms with van der Waals surface area (Å²) in [6.07, 6.45) is 0. The molecule has 0 fully saturated rings. The Morgan fingerprint density at radius 2 is 1.42 bits per heavy atom. The molecule has 0 spiro atoms. The maximum atomic E-state index is 6.45. The van der Waals surface area contributed by atoms with E-state index in [1.165, 1.54) is 22.4 Å². The molecule has 4 aromatic rings. The third-order valence-electron chi connectivity index (χ3n) is 6.15. The lowest BCUT2D eigenvalue weighted by molar-refractivity contribution is 0.479. The van der Waals surface area contributed by atoms with Crippen molar-refractivity contribution in [3.05, 3.63) is 83.0 Å². The van der Waals surface area contributed by atoms with E-state index in [1.807, 2.05) is 12.1 Å². The van der Waals surface area contributed by atoms with Gasteiger partial charge in [0.15, 0.2) is 17.3 Å². The molecule has 31 heavy (non-hydrogen) atoms. The lowest BCUT2D eigenvalue weighted by Gasteiger charge is -2.35. The van der Waals surface area contributed by atoms with Crippen molar-refractivity contribution in [1.29, 1.82) is 0 Å². The highest BCUT2D eigenvalue weighted by atomic mass is 16.5. The Bertz CT molecular complexity index is 1310. The SMILES string of the molecule is Cc1cc(C(C)(C)C)cc(C)c1N1c2ccccc2Oc2c1nc(C)c1ccccc21. The second-order valence-electron chi connectivity index (χ2n) is 9.51. The zero-order valence-electron chi connectivity index (χ0n) is 19.1. The van der Waals surface area contributed by atoms with Crippen molar-refractivity contribution in [1.82, 2.24) is 4.98 Å². The molecule has 0 saturated carbocycles. The second kappa shape index (κ2) is 6.84. The van der Waals surface area contributed by atoms with Crippen molar-refractivity contribution in [3.63, 3.8) is 0 Å². The third kappa shape index (κ3) is 3.07. The molecule has 3 aromatic carbocycles. The number of benzene rings is 3. The summed E-state index contributed by atoms with van der Waals surface area (Å²) in [6.45, 7) is 13.3. The van der Waals surface area contributed by atoms with E-state index in [2.05, 4.69) is 95.0 Å². The normalized spacial score (nSPS) is 13.0. The second-order valence-corrected chi connectivity index (χ2v) is 9.51. The van der Waals surface area contributed by atoms with Gasteiger partial charge in [-0.05, 0) is 55.0 Å². The van der Waals surface area contributed by atoms with Crippen molar-refractivity contribution >= 4 is 28.0 Å². The van der Waals surface area contributed by atoms with Gasteiger partial charge in [0.25, 0.3) is 0 Å². The lowest BCUT2D eigenvalue weighted by atomic mass is 9.84. The van der Waals surface area contributed by atoms with Crippen molar-refractivity contribution in [2.24, 2.45) is 0 Å². The van der Waals surface area contributed by atoms with Gasteiger partial charge in [0.05, 0.1) is 11.4 Å². The van der Waals surface area contributed by atoms with E-state index in [4.69, 9.17) is 9.72 Å². The number of rotatable bonds is 1. The first-order valence-electron chi connectivity index (χ1n) is 10.8. The maximum Gasteiger partial charge on any atom is 0.182 e. The number of pyridine rings is 1. The van der Waals surface area contributed by atoms with E-state index < -0.39 is 0 Å². The Kier molecular flexibility index (Phi) is 4.33. The van der Waals surface area contributed by atoms with Crippen LogP contribution in [0.3, 0.4) is 0 Å². The van der Waals surface area contributed by atoms with Gasteiger partial charge in [-0.2, -0.15) is 0 Å². The quantitative estimate of drug-likeness (QED) is 0.281. The highest BCUT2D eigenvalue weighted by Gasteiger charge is 2.31. The van der Waals surface area contributed by atoms with Crippen LogP contribution in [-0.2, 0) is 5.41 Å². The van der Waals surface area contributed by atoms with Gasteiger partial charge in [0.1, 0.15) is 0 Å². The number of hydrogen-bond acceptors (Lipinski definition) is 3. The number of para-hydroxylation sites is 2. The fraction of sp³-hybridized carbons (Fsp3) is 0.250. The van der Waals surface area contributed by atoms with Gasteiger partial charge >= 0.3 is 0 Å². The molecule has 0 bridgehead atoms. The molecule has 0 atom stereocenters. The zero-order chi connectivity index (χ0) is 21.9. The molecule has 0 radical (unpaired) electrons. The molecule has 0 saturated heterocycles. The minimum absolute atomic E-state index is 0.0971. The molecule has 3 heteroatoms. The third-order valence-corrected chi connectivity index (χ3v) is 6.15. The topological polar surface area (TPSA) is 25.4 Å². The van der Waals surface area contributed by atoms with Crippen molar-refractivity contribution in [2.45, 2.75) is 47.0 Å². The molecule has 0 N–H and O–H groups in total. The average Bonchev–Trinajstić information content (AvgIpc) is 2.73. The number of aryl methyl sites for hydroxylation is 3. The summed E-state index contributed by atoms with van der Waals surface area (Å²) >= 11 is 0. The number of hydrogen-bond donors (Lipinski definition) is 0. The molecule has 0 unspecified atom stereocenters. The minimum atomic E-state index is 0.0971. The van der Waals surface area contributed by atoms with Crippen LogP contribution in [0.4, 0.5) is 17.2 Å². The van der Waals surface area contributed by atoms with Crippen LogP contribution < -0.4 is 9.64 Å². The van der Waals surface area contributed by atoms with Crippen LogP contribution >= 0.6 is 0 Å². The van der Waals surface area contributed by atoms with E-state index in [-0.39, 0.29) is 5.41 Å². The van der Waals surface area contributed by atoms with Crippen LogP contribution in [0, 0.1) is 20.8 Å². The fourth-order valence-corrected chi connectivity index (χ4v) is 4.56. The largest absolute Gasteiger partial charge is 0.451 e. The summed E-state index contributed by atoms with van der Waals surface area (Å²) in [7, 11) is 0. The van der Waals surface area contributed by atoms with Crippen LogP contribution in [-0.4, -0.2) is 4.98 Å². The van der Waals surface area contributed by atoms with Crippen molar-refractivity contribution in [2.75, 3.05) is 4.90 Å². The summed E-state index contributed by atoms with van der Waals surface area (Å²) in [6, 6.07) is 21.2. The minimum Gasteiger partial charge on any atom is -0.451 e. The van der Waals surface area contributed by atoms with Gasteiger partial charge in [-0.15, -0.1) is 0 Å². The van der Waals surface area contributed by atoms with E-state index in [0.29, 0.717) is 0 Å². The maximum absolute atomic E-state index is 6.45. The first kappa shape index (κ1) is 19.6. The average molecular weight is 409 g/mol. The summed E-state index contributed by atoms with van der Waals surface area (Å²) in [5.74, 6) is 2.52. The summed E-state index contributed by atoms with van der Waals surface area (Å²) in [5, 5.41) is 2.21. The summed E-state index contributed by atoms with van der Waals surface area (Å²) in [4.78, 5) is 7.34. The molecule has 0 amide bonds. The molecule has 2 heterocycles. The Morgan fingerprint density at radius 3 is 2.10 bits per heavy atom. The number of anilines is 3. The molecule has 5 rings (SSSR count). The summed E-state index contributed by atoms with van der Waals surface area (Å²) < 4.78 is 6.45. The highest BCUT2D eigenvalue weighted by molar-refractivity contribution is 5.99. The van der Waals surface area contributed by atoms with Crippen molar-refractivity contribution < 1.29 is 4.74 Å². The van der Waals surface area contributed by atoms with Gasteiger partial charge in [0.2, 0.25) is 0 Å². The van der Waals surface area contributed by atoms with Crippen LogP contribution in [0.2, 0.25) is 0 Å². The van der Waals surface area contributed by atoms with E-state index in [9.17, 15) is 0 Å². The number of nitrogens with zero attached hydrogens (tertiary/aromatic N) is 2. The van der Waals surface area contributed by atoms with E-state index >= 15 is 0 Å². The molecule has 1 aromatic heterocycles. The predicted molar refractivity (Wildman–Crippen MR) is 129 cm³/mol. The Balaban J connectivity index is 1.84. The van der Waals surface area contributed by atoms with Gasteiger partial charge in [-0.3, -0.25) is 4.90 Å².